The van der Waals surface area contributed by atoms with Gasteiger partial charge in [-0.25, -0.2) is 4.57 Å². The Bertz CT molecular complexity index is 1270. The van der Waals surface area contributed by atoms with Gasteiger partial charge in [0.2, 0.25) is 0 Å². The molecule has 0 saturated heterocycles. The number of ether oxygens (including phenoxy) is 2. The van der Waals surface area contributed by atoms with Gasteiger partial charge < -0.3 is 39.9 Å². The van der Waals surface area contributed by atoms with E-state index in [1.54, 1.807) is 0 Å². The van der Waals surface area contributed by atoms with Gasteiger partial charge in [-0.05, 0) is 51.4 Å². The number of phosphoric ester groups is 1. The predicted molar refractivity (Wildman–Crippen MR) is 267 cm³/mol. The van der Waals surface area contributed by atoms with Crippen LogP contribution in [0.4, 0.5) is 0 Å². The van der Waals surface area contributed by atoms with Crippen molar-refractivity contribution in [2.75, 3.05) is 19.8 Å². The Morgan fingerprint density at radius 1 is 0.500 bits per heavy atom. The summed E-state index contributed by atoms with van der Waals surface area (Å²) < 4.78 is 34.2. The molecule has 6 atom stereocenters. The first kappa shape index (κ1) is 62.3. The summed E-state index contributed by atoms with van der Waals surface area (Å²) in [5.74, 6) is -0.515. The second kappa shape index (κ2) is 43.3. The zero-order valence-corrected chi connectivity index (χ0v) is 42.4. The minimum Gasteiger partial charge on any atom is -0.457 e. The molecule has 1 rings (SSSR count). The van der Waals surface area contributed by atoms with E-state index < -0.39 is 63.1 Å². The van der Waals surface area contributed by atoms with Gasteiger partial charge in [-0.1, -0.05) is 210 Å². The van der Waals surface area contributed by atoms with Crippen LogP contribution in [0.2, 0.25) is 0 Å². The molecule has 0 aliphatic heterocycles. The van der Waals surface area contributed by atoms with Crippen LogP contribution in [0.15, 0.2) is 48.6 Å². The number of carbonyl (C=O) groups is 1. The molecule has 12 nitrogen and oxygen atoms in total. The molecule has 0 bridgehead atoms. The first-order valence-electron chi connectivity index (χ1n) is 26.5. The average Bonchev–Trinajstić information content (AvgIpc) is 3.30. The van der Waals surface area contributed by atoms with Crippen LogP contribution in [-0.2, 0) is 27.9 Å². The van der Waals surface area contributed by atoms with Crippen LogP contribution >= 0.6 is 7.82 Å². The Labute approximate surface area is 401 Å². The fourth-order valence-electron chi connectivity index (χ4n) is 8.05. The van der Waals surface area contributed by atoms with Crippen molar-refractivity contribution in [1.82, 2.24) is 0 Å². The maximum absolute atomic E-state index is 12.8. The van der Waals surface area contributed by atoms with Gasteiger partial charge >= 0.3 is 13.8 Å². The van der Waals surface area contributed by atoms with Crippen molar-refractivity contribution in [1.29, 1.82) is 0 Å². The summed E-state index contributed by atoms with van der Waals surface area (Å²) in [5.41, 5.74) is 0. The Morgan fingerprint density at radius 3 is 1.33 bits per heavy atom. The number of aliphatic hydroxyl groups excluding tert-OH is 5. The van der Waals surface area contributed by atoms with E-state index in [9.17, 15) is 39.8 Å². The fraction of sp³-hybridized carbons (Fsp3) is 0.830. The number of unbranched alkanes of at least 4 members (excludes halogenated alkanes) is 25. The van der Waals surface area contributed by atoms with Crippen molar-refractivity contribution in [2.24, 2.45) is 0 Å². The average molecular weight is 957 g/mol. The van der Waals surface area contributed by atoms with Gasteiger partial charge in [0.15, 0.2) is 0 Å². The smallest absolute Gasteiger partial charge is 0.457 e. The van der Waals surface area contributed by atoms with Crippen LogP contribution in [-0.4, -0.2) is 98.9 Å². The molecular formula is C53H97O12P. The predicted octanol–water partition coefficient (Wildman–Crippen LogP) is 12.0. The summed E-state index contributed by atoms with van der Waals surface area (Å²) >= 11 is 0. The van der Waals surface area contributed by atoms with E-state index >= 15 is 0 Å². The third-order valence-corrected chi connectivity index (χ3v) is 13.2. The topological polar surface area (TPSA) is 192 Å². The molecule has 386 valence electrons. The lowest BCUT2D eigenvalue weighted by Gasteiger charge is -2.41. The van der Waals surface area contributed by atoms with Crippen LogP contribution < -0.4 is 0 Å². The number of rotatable bonds is 45. The molecule has 66 heavy (non-hydrogen) atoms. The highest BCUT2D eigenvalue weighted by Crippen LogP contribution is 2.47. The second-order valence-electron chi connectivity index (χ2n) is 18.4. The number of hydrogen-bond acceptors (Lipinski definition) is 11. The fourth-order valence-corrected chi connectivity index (χ4v) is 9.03. The van der Waals surface area contributed by atoms with E-state index in [1.165, 1.54) is 135 Å². The summed E-state index contributed by atoms with van der Waals surface area (Å²) in [5, 5.41) is 50.3. The molecule has 0 spiro atoms. The lowest BCUT2D eigenvalue weighted by molar-refractivity contribution is -0.220. The first-order chi connectivity index (χ1) is 32.0. The number of esters is 1. The Balaban J connectivity index is 2.30. The molecule has 0 aromatic heterocycles. The molecule has 0 aromatic carbocycles. The highest BCUT2D eigenvalue weighted by molar-refractivity contribution is 7.47. The third kappa shape index (κ3) is 34.6. The summed E-state index contributed by atoms with van der Waals surface area (Å²) in [6, 6.07) is 0. The number of carbonyl (C=O) groups excluding carboxylic acids is 1. The molecule has 13 heteroatoms. The lowest BCUT2D eigenvalue weighted by Crippen LogP contribution is -2.64. The van der Waals surface area contributed by atoms with Crippen molar-refractivity contribution < 1.29 is 58.3 Å². The molecule has 0 radical (unpaired) electrons. The van der Waals surface area contributed by atoms with Crippen LogP contribution in [0.1, 0.15) is 219 Å². The van der Waals surface area contributed by atoms with E-state index in [4.69, 9.17) is 18.5 Å². The van der Waals surface area contributed by atoms with Crippen LogP contribution in [0.5, 0.6) is 0 Å². The van der Waals surface area contributed by atoms with E-state index in [2.05, 4.69) is 62.5 Å². The highest BCUT2D eigenvalue weighted by Gasteiger charge is 2.51. The van der Waals surface area contributed by atoms with Crippen molar-refractivity contribution in [3.63, 3.8) is 0 Å². The Morgan fingerprint density at radius 2 is 0.894 bits per heavy atom. The minimum atomic E-state index is -5.03. The first-order valence-corrected chi connectivity index (χ1v) is 28.0. The molecule has 1 aliphatic rings. The van der Waals surface area contributed by atoms with Crippen molar-refractivity contribution >= 4 is 13.8 Å². The van der Waals surface area contributed by atoms with Gasteiger partial charge in [0, 0.05) is 13.0 Å². The van der Waals surface area contributed by atoms with Gasteiger partial charge in [0.05, 0.1) is 13.2 Å². The minimum absolute atomic E-state index is 0.0919. The molecule has 1 saturated carbocycles. The van der Waals surface area contributed by atoms with Gasteiger partial charge in [-0.15, -0.1) is 0 Å². The number of allylic oxidation sites excluding steroid dienone is 8. The molecule has 0 aromatic rings. The Kier molecular flexibility index (Phi) is 40.9. The van der Waals surface area contributed by atoms with E-state index in [0.29, 0.717) is 13.0 Å². The maximum Gasteiger partial charge on any atom is 0.472 e. The van der Waals surface area contributed by atoms with Crippen molar-refractivity contribution in [3.05, 3.63) is 48.6 Å². The molecular weight excluding hydrogens is 860 g/mol. The number of hydrogen-bond donors (Lipinski definition) is 6. The summed E-state index contributed by atoms with van der Waals surface area (Å²) in [4.78, 5) is 23.2. The molecule has 6 unspecified atom stereocenters. The van der Waals surface area contributed by atoms with Crippen LogP contribution in [0.25, 0.3) is 0 Å². The number of phosphoric acid groups is 1. The lowest BCUT2D eigenvalue weighted by atomic mass is 9.85. The van der Waals surface area contributed by atoms with Gasteiger partial charge in [0.25, 0.3) is 0 Å². The zero-order valence-electron chi connectivity index (χ0n) is 41.5. The van der Waals surface area contributed by atoms with Crippen molar-refractivity contribution in [2.45, 2.75) is 262 Å². The number of aliphatic hydroxyl groups is 5. The van der Waals surface area contributed by atoms with Crippen LogP contribution in [0, 0.1) is 0 Å². The van der Waals surface area contributed by atoms with E-state index in [-0.39, 0.29) is 13.0 Å². The highest BCUT2D eigenvalue weighted by atomic mass is 31.2. The molecule has 1 fully saturated rings. The van der Waals surface area contributed by atoms with Gasteiger partial charge in [-0.3, -0.25) is 13.8 Å². The van der Waals surface area contributed by atoms with Crippen molar-refractivity contribution in [3.8, 4) is 0 Å². The van der Waals surface area contributed by atoms with Gasteiger partial charge in [0.1, 0.15) is 42.7 Å². The third-order valence-electron chi connectivity index (χ3n) is 12.2. The summed E-state index contributed by atoms with van der Waals surface area (Å²) in [7, 11) is -5.03. The molecule has 6 N–H and O–H groups in total. The second-order valence-corrected chi connectivity index (χ2v) is 19.8. The molecule has 1 aliphatic carbocycles. The molecule has 0 heterocycles. The standard InChI is InChI=1S/C53H97O12P/c1-3-5-7-9-11-13-15-17-19-20-21-22-23-24-25-26-27-29-31-33-35-37-39-41-43-62-44-46(45-63-66(60,61)65-53-51(58)49(56)48(55)50(57)52(53)59)64-47(54)42-40-38-36-34-32-30-28-18-16-14-12-10-8-6-4-2/h6,8,12,14,18,28,32,34,46,48-53,55-59H,3-5,7,9-11,13,15-17,19-27,29-31,33,35-45H2,1-2H3,(H,60,61)/b8-6-,14-12-,28-18-,34-32-. The monoisotopic (exact) mass is 957 g/mol. The molecule has 0 amide bonds. The SMILES string of the molecule is CC/C=C\C/C=C\C/C=C\C/C=C\CCCCC(=O)OC(COCCCCCCCCCCCCCCCCCCCCCCCCCC)COP(=O)(O)OC1C(O)C(O)C(O)C(O)C1O. The quantitative estimate of drug-likeness (QED) is 0.0147. The van der Waals surface area contributed by atoms with E-state index in [0.717, 1.165) is 57.8 Å². The summed E-state index contributed by atoms with van der Waals surface area (Å²) in [6.45, 7) is 4.13. The zero-order chi connectivity index (χ0) is 48.4. The normalized spacial score (nSPS) is 21.8. The van der Waals surface area contributed by atoms with Gasteiger partial charge in [-0.2, -0.15) is 0 Å². The largest absolute Gasteiger partial charge is 0.472 e. The van der Waals surface area contributed by atoms with Crippen LogP contribution in [0.3, 0.4) is 0 Å². The maximum atomic E-state index is 12.8. The summed E-state index contributed by atoms with van der Waals surface area (Å²) in [6.07, 6.45) is 42.0. The van der Waals surface area contributed by atoms with E-state index in [1.807, 2.05) is 0 Å². The Hall–Kier alpha value is -1.70.